The molecule has 0 saturated heterocycles. The second-order valence-corrected chi connectivity index (χ2v) is 8.83. The molecule has 1 aromatic heterocycles. The fourth-order valence-corrected chi connectivity index (χ4v) is 4.79. The molecule has 0 aliphatic heterocycles. The van der Waals surface area contributed by atoms with E-state index in [-0.39, 0.29) is 10.9 Å². The highest BCUT2D eigenvalue weighted by atomic mass is 35.5. The lowest BCUT2D eigenvalue weighted by atomic mass is 10.2. The van der Waals surface area contributed by atoms with Crippen LogP contribution in [-0.4, -0.2) is 18.2 Å². The van der Waals surface area contributed by atoms with Gasteiger partial charge in [-0.25, -0.2) is 8.42 Å². The second-order valence-electron chi connectivity index (χ2n) is 6.74. The van der Waals surface area contributed by atoms with E-state index in [1.165, 1.54) is 0 Å². The first-order valence-electron chi connectivity index (χ1n) is 8.96. The van der Waals surface area contributed by atoms with Crippen molar-refractivity contribution >= 4 is 27.3 Å². The van der Waals surface area contributed by atoms with E-state index in [4.69, 9.17) is 11.6 Å². The molecule has 3 aromatic rings. The van der Waals surface area contributed by atoms with Crippen molar-refractivity contribution < 1.29 is 8.42 Å². The third-order valence-electron chi connectivity index (χ3n) is 4.83. The molecule has 0 amide bonds. The van der Waals surface area contributed by atoms with Crippen LogP contribution in [0.2, 0.25) is 5.02 Å². The summed E-state index contributed by atoms with van der Waals surface area (Å²) in [5, 5.41) is 5.21. The lowest BCUT2D eigenvalue weighted by Gasteiger charge is -2.09. The quantitative estimate of drug-likeness (QED) is 0.645. The lowest BCUT2D eigenvalue weighted by Crippen LogP contribution is -2.13. The highest BCUT2D eigenvalue weighted by Crippen LogP contribution is 2.34. The molecular weight excluding hydrogens is 382 g/mol. The van der Waals surface area contributed by atoms with Gasteiger partial charge in [0.15, 0.2) is 0 Å². The molecule has 1 aliphatic carbocycles. The van der Waals surface area contributed by atoms with Gasteiger partial charge in [0, 0.05) is 22.5 Å². The summed E-state index contributed by atoms with van der Waals surface area (Å²) in [6.07, 6.45) is 6.02. The summed E-state index contributed by atoms with van der Waals surface area (Å²) in [5.74, 6) is 0. The Kier molecular flexibility index (Phi) is 4.93. The van der Waals surface area contributed by atoms with Crippen LogP contribution in [0.3, 0.4) is 0 Å². The summed E-state index contributed by atoms with van der Waals surface area (Å²) < 4.78 is 30.7. The molecule has 4 rings (SSSR count). The summed E-state index contributed by atoms with van der Waals surface area (Å²) in [7, 11) is -3.79. The van der Waals surface area contributed by atoms with Gasteiger partial charge in [0.1, 0.15) is 10.6 Å². The van der Waals surface area contributed by atoms with Gasteiger partial charge in [-0.3, -0.25) is 9.40 Å². The molecule has 140 valence electrons. The lowest BCUT2D eigenvalue weighted by molar-refractivity contribution is 0.467. The van der Waals surface area contributed by atoms with Gasteiger partial charge in [-0.05, 0) is 37.1 Å². The fraction of sp³-hybridized carbons (Fsp3) is 0.250. The molecule has 7 heteroatoms. The van der Waals surface area contributed by atoms with Crippen molar-refractivity contribution in [3.63, 3.8) is 0 Å². The number of nitrogens with one attached hydrogen (secondary N) is 1. The molecule has 5 nitrogen and oxygen atoms in total. The van der Waals surface area contributed by atoms with E-state index in [0.29, 0.717) is 16.4 Å². The molecular formula is C20H20ClN3O2S. The van der Waals surface area contributed by atoms with Crippen molar-refractivity contribution in [2.24, 2.45) is 0 Å². The van der Waals surface area contributed by atoms with Gasteiger partial charge in [0.25, 0.3) is 10.0 Å². The monoisotopic (exact) mass is 401 g/mol. The Balaban J connectivity index is 1.76. The Morgan fingerprint density at radius 2 is 1.67 bits per heavy atom. The number of aromatic nitrogens is 2. The molecule has 0 unspecified atom stereocenters. The number of halogens is 1. The van der Waals surface area contributed by atoms with Crippen molar-refractivity contribution in [1.29, 1.82) is 0 Å². The molecule has 1 fully saturated rings. The van der Waals surface area contributed by atoms with Crippen LogP contribution < -0.4 is 4.72 Å². The van der Waals surface area contributed by atoms with E-state index in [2.05, 4.69) is 9.82 Å². The largest absolute Gasteiger partial charge is 0.280 e. The number of benzene rings is 2. The molecule has 1 heterocycles. The van der Waals surface area contributed by atoms with Gasteiger partial charge in [-0.15, -0.1) is 0 Å². The Morgan fingerprint density at radius 3 is 2.33 bits per heavy atom. The highest BCUT2D eigenvalue weighted by Gasteiger charge is 2.27. The van der Waals surface area contributed by atoms with Gasteiger partial charge in [0.2, 0.25) is 0 Å². The standard InChI is InChI=1S/C20H20ClN3O2S/c21-16-10-12-17(13-11-16)23-27(25,26)19-14-24(18-8-4-5-9-18)22-20(19)15-6-2-1-3-7-15/h1-3,6-7,10-14,18,23H,4-5,8-9H2. The van der Waals surface area contributed by atoms with E-state index >= 15 is 0 Å². The van der Waals surface area contributed by atoms with Crippen molar-refractivity contribution in [1.82, 2.24) is 9.78 Å². The summed E-state index contributed by atoms with van der Waals surface area (Å²) in [5.41, 5.74) is 1.72. The molecule has 2 aromatic carbocycles. The average Bonchev–Trinajstić information content (AvgIpc) is 3.34. The number of nitrogens with zero attached hydrogens (tertiary/aromatic N) is 2. The highest BCUT2D eigenvalue weighted by molar-refractivity contribution is 7.92. The molecule has 1 aliphatic rings. The molecule has 0 spiro atoms. The van der Waals surface area contributed by atoms with Crippen LogP contribution in [0.25, 0.3) is 11.3 Å². The maximum Gasteiger partial charge on any atom is 0.265 e. The number of hydrogen-bond donors (Lipinski definition) is 1. The summed E-state index contributed by atoms with van der Waals surface area (Å²) in [4.78, 5) is 0.190. The normalized spacial score (nSPS) is 15.1. The summed E-state index contributed by atoms with van der Waals surface area (Å²) in [6, 6.07) is 16.3. The fourth-order valence-electron chi connectivity index (χ4n) is 3.45. The maximum absolute atomic E-state index is 13.1. The maximum atomic E-state index is 13.1. The van der Waals surface area contributed by atoms with Gasteiger partial charge >= 0.3 is 0 Å². The first kappa shape index (κ1) is 18.1. The minimum Gasteiger partial charge on any atom is -0.280 e. The second kappa shape index (κ2) is 7.37. The molecule has 1 N–H and O–H groups in total. The van der Waals surface area contributed by atoms with Gasteiger partial charge in [-0.2, -0.15) is 5.10 Å². The van der Waals surface area contributed by atoms with Crippen molar-refractivity contribution in [2.75, 3.05) is 4.72 Å². The van der Waals surface area contributed by atoms with Crippen molar-refractivity contribution in [3.8, 4) is 11.3 Å². The van der Waals surface area contributed by atoms with Crippen LogP contribution in [0.4, 0.5) is 5.69 Å². The number of sulfonamides is 1. The third kappa shape index (κ3) is 3.87. The number of anilines is 1. The van der Waals surface area contributed by atoms with E-state index in [1.54, 1.807) is 30.5 Å². The van der Waals surface area contributed by atoms with Crippen LogP contribution >= 0.6 is 11.6 Å². The molecule has 0 atom stereocenters. The van der Waals surface area contributed by atoms with Crippen molar-refractivity contribution in [3.05, 3.63) is 65.8 Å². The summed E-state index contributed by atoms with van der Waals surface area (Å²) >= 11 is 5.89. The van der Waals surface area contributed by atoms with E-state index in [0.717, 1.165) is 31.2 Å². The topological polar surface area (TPSA) is 64.0 Å². The van der Waals surface area contributed by atoms with Gasteiger partial charge in [-0.1, -0.05) is 54.8 Å². The van der Waals surface area contributed by atoms with Crippen LogP contribution in [0.5, 0.6) is 0 Å². The smallest absolute Gasteiger partial charge is 0.265 e. The Hall–Kier alpha value is -2.31. The Morgan fingerprint density at radius 1 is 1.00 bits per heavy atom. The van der Waals surface area contributed by atoms with Gasteiger partial charge in [0.05, 0.1) is 6.04 Å². The van der Waals surface area contributed by atoms with Crippen LogP contribution in [-0.2, 0) is 10.0 Å². The molecule has 0 bridgehead atoms. The van der Waals surface area contributed by atoms with Crippen LogP contribution in [0.1, 0.15) is 31.7 Å². The van der Waals surface area contributed by atoms with E-state index in [9.17, 15) is 8.42 Å². The molecule has 0 radical (unpaired) electrons. The zero-order chi connectivity index (χ0) is 18.9. The molecule has 1 saturated carbocycles. The zero-order valence-corrected chi connectivity index (χ0v) is 16.2. The van der Waals surface area contributed by atoms with Crippen molar-refractivity contribution in [2.45, 2.75) is 36.6 Å². The molecule has 27 heavy (non-hydrogen) atoms. The zero-order valence-electron chi connectivity index (χ0n) is 14.7. The predicted octanol–water partition coefficient (Wildman–Crippen LogP) is 5.12. The third-order valence-corrected chi connectivity index (χ3v) is 6.46. The Labute approximate surface area is 164 Å². The average molecular weight is 402 g/mol. The predicted molar refractivity (Wildman–Crippen MR) is 107 cm³/mol. The van der Waals surface area contributed by atoms with Gasteiger partial charge < -0.3 is 0 Å². The Bertz CT molecular complexity index is 1020. The van der Waals surface area contributed by atoms with Crippen LogP contribution in [0, 0.1) is 0 Å². The number of rotatable bonds is 5. The minimum atomic E-state index is -3.79. The van der Waals surface area contributed by atoms with E-state index in [1.807, 2.05) is 35.0 Å². The summed E-state index contributed by atoms with van der Waals surface area (Å²) in [6.45, 7) is 0. The number of hydrogen-bond acceptors (Lipinski definition) is 3. The first-order chi connectivity index (χ1) is 13.0. The SMILES string of the molecule is O=S(=O)(Nc1ccc(Cl)cc1)c1cn(C2CCCC2)nc1-c1ccccc1. The van der Waals surface area contributed by atoms with Crippen LogP contribution in [0.15, 0.2) is 65.7 Å². The van der Waals surface area contributed by atoms with E-state index < -0.39 is 10.0 Å². The minimum absolute atomic E-state index is 0.190. The first-order valence-corrected chi connectivity index (χ1v) is 10.8.